The smallest absolute Gasteiger partial charge is 0.126 e. The molecule has 22 heavy (non-hydrogen) atoms. The fraction of sp³-hybridized carbons (Fsp3) is 0.588. The van der Waals surface area contributed by atoms with Crippen LogP contribution in [0.15, 0.2) is 18.3 Å². The third kappa shape index (κ3) is 3.04. The van der Waals surface area contributed by atoms with E-state index in [9.17, 15) is 0 Å². The van der Waals surface area contributed by atoms with E-state index < -0.39 is 0 Å². The molecule has 5 nitrogen and oxygen atoms in total. The third-order valence-corrected chi connectivity index (χ3v) is 4.54. The summed E-state index contributed by atoms with van der Waals surface area (Å²) in [5.74, 6) is 1.35. The minimum atomic E-state index is 0.504. The van der Waals surface area contributed by atoms with Gasteiger partial charge in [0.25, 0.3) is 0 Å². The van der Waals surface area contributed by atoms with Gasteiger partial charge in [0.2, 0.25) is 0 Å². The molecule has 1 fully saturated rings. The molecule has 2 aromatic heterocycles. The van der Waals surface area contributed by atoms with Gasteiger partial charge in [0.1, 0.15) is 5.82 Å². The second-order valence-corrected chi connectivity index (χ2v) is 6.49. The maximum atomic E-state index is 4.72. The number of aromatic nitrogens is 4. The molecular formula is C17H25N5. The number of hydrogen-bond acceptors (Lipinski definition) is 4. The van der Waals surface area contributed by atoms with E-state index in [2.05, 4.69) is 34.9 Å². The molecule has 0 saturated carbocycles. The van der Waals surface area contributed by atoms with Crippen molar-refractivity contribution >= 4 is 0 Å². The Kier molecular flexibility index (Phi) is 4.25. The molecule has 0 amide bonds. The lowest BCUT2D eigenvalue weighted by molar-refractivity contribution is 0.166. The Hall–Kier alpha value is -1.75. The van der Waals surface area contributed by atoms with Gasteiger partial charge in [0.05, 0.1) is 11.4 Å². The number of hydrogen-bond donors (Lipinski definition) is 0. The summed E-state index contributed by atoms with van der Waals surface area (Å²) in [5, 5.41) is 4.25. The summed E-state index contributed by atoms with van der Waals surface area (Å²) in [5.41, 5.74) is 3.20. The number of aryl methyl sites for hydroxylation is 2. The second-order valence-electron chi connectivity index (χ2n) is 6.49. The fourth-order valence-electron chi connectivity index (χ4n) is 3.27. The van der Waals surface area contributed by atoms with Gasteiger partial charge in [-0.15, -0.1) is 0 Å². The number of rotatable bonds is 3. The summed E-state index contributed by atoms with van der Waals surface area (Å²) in [6.07, 6.45) is 4.27. The van der Waals surface area contributed by atoms with Crippen LogP contribution in [-0.4, -0.2) is 43.8 Å². The lowest BCUT2D eigenvalue weighted by atomic mass is 9.93. The van der Waals surface area contributed by atoms with Crippen LogP contribution >= 0.6 is 0 Å². The summed E-state index contributed by atoms with van der Waals surface area (Å²) < 4.78 is 1.87. The van der Waals surface area contributed by atoms with Crippen LogP contribution < -0.4 is 0 Å². The zero-order valence-electron chi connectivity index (χ0n) is 14.0. The highest BCUT2D eigenvalue weighted by atomic mass is 15.3. The van der Waals surface area contributed by atoms with Crippen LogP contribution in [0.4, 0.5) is 0 Å². The lowest BCUT2D eigenvalue weighted by Gasteiger charge is -2.35. The van der Waals surface area contributed by atoms with Crippen molar-refractivity contribution in [1.82, 2.24) is 24.6 Å². The molecule has 0 spiro atoms. The van der Waals surface area contributed by atoms with E-state index >= 15 is 0 Å². The average Bonchev–Trinajstić information content (AvgIpc) is 2.93. The molecule has 3 rings (SSSR count). The van der Waals surface area contributed by atoms with E-state index in [1.165, 1.54) is 25.1 Å². The minimum Gasteiger partial charge on any atom is -0.300 e. The molecule has 1 aliphatic heterocycles. The fourth-order valence-corrected chi connectivity index (χ4v) is 3.27. The van der Waals surface area contributed by atoms with Gasteiger partial charge in [-0.1, -0.05) is 0 Å². The van der Waals surface area contributed by atoms with Crippen molar-refractivity contribution in [1.29, 1.82) is 0 Å². The maximum absolute atomic E-state index is 4.72. The standard InChI is InChI=1S/C17H25N5/c1-12(2)22-9-5-6-14(11-22)15-10-16(20-13(3)19-15)17-7-8-18-21(17)4/h7-8,10,12,14H,5-6,9,11H2,1-4H3. The maximum Gasteiger partial charge on any atom is 0.126 e. The zero-order chi connectivity index (χ0) is 15.7. The first-order chi connectivity index (χ1) is 10.5. The number of piperidine rings is 1. The third-order valence-electron chi connectivity index (χ3n) is 4.54. The first-order valence-electron chi connectivity index (χ1n) is 8.12. The highest BCUT2D eigenvalue weighted by Gasteiger charge is 2.24. The van der Waals surface area contributed by atoms with E-state index in [-0.39, 0.29) is 0 Å². The van der Waals surface area contributed by atoms with Crippen LogP contribution in [0.5, 0.6) is 0 Å². The summed E-state index contributed by atoms with van der Waals surface area (Å²) in [4.78, 5) is 11.9. The Labute approximate surface area is 132 Å². The van der Waals surface area contributed by atoms with E-state index in [4.69, 9.17) is 4.98 Å². The molecule has 0 aromatic carbocycles. The molecule has 0 N–H and O–H groups in total. The van der Waals surface area contributed by atoms with Gasteiger partial charge in [-0.05, 0) is 52.3 Å². The monoisotopic (exact) mass is 299 g/mol. The van der Waals surface area contributed by atoms with Gasteiger partial charge in [0.15, 0.2) is 0 Å². The van der Waals surface area contributed by atoms with E-state index in [0.29, 0.717) is 12.0 Å². The van der Waals surface area contributed by atoms with Gasteiger partial charge in [-0.2, -0.15) is 5.10 Å². The molecule has 118 valence electrons. The Morgan fingerprint density at radius 2 is 2.09 bits per heavy atom. The van der Waals surface area contributed by atoms with Crippen molar-refractivity contribution in [2.45, 2.75) is 45.6 Å². The summed E-state index contributed by atoms with van der Waals surface area (Å²) in [7, 11) is 1.95. The van der Waals surface area contributed by atoms with Crippen molar-refractivity contribution in [3.05, 3.63) is 29.8 Å². The number of likely N-dealkylation sites (tertiary alicyclic amines) is 1. The van der Waals surface area contributed by atoms with Crippen molar-refractivity contribution in [2.24, 2.45) is 7.05 Å². The Morgan fingerprint density at radius 3 is 2.77 bits per heavy atom. The Morgan fingerprint density at radius 1 is 1.27 bits per heavy atom. The van der Waals surface area contributed by atoms with E-state index in [1.54, 1.807) is 0 Å². The highest BCUT2D eigenvalue weighted by Crippen LogP contribution is 2.28. The molecular weight excluding hydrogens is 274 g/mol. The van der Waals surface area contributed by atoms with Gasteiger partial charge >= 0.3 is 0 Å². The first-order valence-corrected chi connectivity index (χ1v) is 8.12. The zero-order valence-corrected chi connectivity index (χ0v) is 14.0. The van der Waals surface area contributed by atoms with Gasteiger partial charge < -0.3 is 4.90 Å². The summed E-state index contributed by atoms with van der Waals surface area (Å²) >= 11 is 0. The molecule has 0 radical (unpaired) electrons. The van der Waals surface area contributed by atoms with Crippen LogP contribution in [0, 0.1) is 6.92 Å². The van der Waals surface area contributed by atoms with Gasteiger partial charge in [0, 0.05) is 37.4 Å². The minimum absolute atomic E-state index is 0.504. The highest BCUT2D eigenvalue weighted by molar-refractivity contribution is 5.54. The van der Waals surface area contributed by atoms with Crippen LogP contribution in [0.3, 0.4) is 0 Å². The van der Waals surface area contributed by atoms with E-state index in [0.717, 1.165) is 23.8 Å². The van der Waals surface area contributed by atoms with Crippen LogP contribution in [0.2, 0.25) is 0 Å². The Bertz CT molecular complexity index is 646. The van der Waals surface area contributed by atoms with Crippen molar-refractivity contribution in [3.8, 4) is 11.4 Å². The van der Waals surface area contributed by atoms with Crippen LogP contribution in [0.1, 0.15) is 44.1 Å². The SMILES string of the molecule is Cc1nc(-c2ccnn2C)cc(C2CCCN(C(C)C)C2)n1. The average molecular weight is 299 g/mol. The predicted octanol–water partition coefficient (Wildman–Crippen LogP) is 2.77. The first kappa shape index (κ1) is 15.2. The normalized spacial score (nSPS) is 19.8. The molecule has 5 heteroatoms. The number of nitrogens with zero attached hydrogens (tertiary/aromatic N) is 5. The van der Waals surface area contributed by atoms with Crippen LogP contribution in [0.25, 0.3) is 11.4 Å². The summed E-state index contributed by atoms with van der Waals surface area (Å²) in [6.45, 7) is 8.82. The second kappa shape index (κ2) is 6.16. The molecule has 3 heterocycles. The predicted molar refractivity (Wildman–Crippen MR) is 87.7 cm³/mol. The lowest BCUT2D eigenvalue weighted by Crippen LogP contribution is -2.39. The van der Waals surface area contributed by atoms with Gasteiger partial charge in [-0.25, -0.2) is 9.97 Å². The van der Waals surface area contributed by atoms with E-state index in [1.807, 2.05) is 30.9 Å². The largest absolute Gasteiger partial charge is 0.300 e. The van der Waals surface area contributed by atoms with Crippen molar-refractivity contribution in [3.63, 3.8) is 0 Å². The quantitative estimate of drug-likeness (QED) is 0.874. The molecule has 1 unspecified atom stereocenters. The Balaban J connectivity index is 1.91. The molecule has 0 bridgehead atoms. The van der Waals surface area contributed by atoms with Crippen molar-refractivity contribution in [2.75, 3.05) is 13.1 Å². The topological polar surface area (TPSA) is 46.8 Å². The molecule has 1 saturated heterocycles. The molecule has 0 aliphatic carbocycles. The molecule has 2 aromatic rings. The molecule has 1 atom stereocenters. The van der Waals surface area contributed by atoms with Gasteiger partial charge in [-0.3, -0.25) is 4.68 Å². The van der Waals surface area contributed by atoms with Crippen molar-refractivity contribution < 1.29 is 0 Å². The van der Waals surface area contributed by atoms with Crippen LogP contribution in [-0.2, 0) is 7.05 Å². The summed E-state index contributed by atoms with van der Waals surface area (Å²) in [6, 6.07) is 4.76. The molecule has 1 aliphatic rings.